The van der Waals surface area contributed by atoms with Gasteiger partial charge in [-0.25, -0.2) is 0 Å². The van der Waals surface area contributed by atoms with Crippen molar-refractivity contribution in [3.8, 4) is 5.75 Å². The maximum absolute atomic E-state index is 12.1. The normalized spacial score (nSPS) is 19.8. The monoisotopic (exact) mass is 268 g/mol. The second-order valence-corrected chi connectivity index (χ2v) is 4.88. The Kier molecular flexibility index (Phi) is 4.09. The van der Waals surface area contributed by atoms with E-state index < -0.39 is 0 Å². The summed E-state index contributed by atoms with van der Waals surface area (Å²) < 4.78 is 5.07. The number of methoxy groups -OCH3 is 1. The van der Waals surface area contributed by atoms with Crippen molar-refractivity contribution >= 4 is 23.2 Å². The van der Waals surface area contributed by atoms with Gasteiger partial charge in [0.25, 0.3) is 0 Å². The Bertz CT molecular complexity index is 451. The van der Waals surface area contributed by atoms with Gasteiger partial charge in [0.1, 0.15) is 5.75 Å². The third kappa shape index (κ3) is 2.76. The molecule has 0 aromatic heterocycles. The second-order valence-electron chi connectivity index (χ2n) is 4.48. The Morgan fingerprint density at radius 3 is 2.89 bits per heavy atom. The van der Waals surface area contributed by atoms with Crippen molar-refractivity contribution in [2.24, 2.45) is 0 Å². The molecule has 2 rings (SSSR count). The van der Waals surface area contributed by atoms with Crippen molar-refractivity contribution in [3.63, 3.8) is 0 Å². The van der Waals surface area contributed by atoms with Gasteiger partial charge < -0.3 is 10.1 Å². The highest BCUT2D eigenvalue weighted by Gasteiger charge is 2.27. The van der Waals surface area contributed by atoms with Gasteiger partial charge in [-0.05, 0) is 44.6 Å². The van der Waals surface area contributed by atoms with Crippen LogP contribution in [-0.2, 0) is 4.79 Å². The van der Waals surface area contributed by atoms with E-state index in [1.54, 1.807) is 25.3 Å². The molecule has 1 aliphatic rings. The van der Waals surface area contributed by atoms with E-state index in [0.29, 0.717) is 16.5 Å². The first-order chi connectivity index (χ1) is 8.61. The summed E-state index contributed by atoms with van der Waals surface area (Å²) in [6, 6.07) is 5.20. The fraction of sp³-hybridized carbons (Fsp3) is 0.462. The van der Waals surface area contributed by atoms with Crippen LogP contribution in [0, 0.1) is 0 Å². The highest BCUT2D eigenvalue weighted by molar-refractivity contribution is 6.32. The van der Waals surface area contributed by atoms with Gasteiger partial charge >= 0.3 is 0 Å². The van der Waals surface area contributed by atoms with Crippen molar-refractivity contribution in [1.29, 1.82) is 0 Å². The maximum Gasteiger partial charge on any atom is 0.241 e. The number of hydrogen-bond donors (Lipinski definition) is 1. The van der Waals surface area contributed by atoms with Crippen LogP contribution in [0.5, 0.6) is 5.75 Å². The molecule has 0 aliphatic carbocycles. The molecule has 0 saturated carbocycles. The summed E-state index contributed by atoms with van der Waals surface area (Å²) in [5.74, 6) is 0.629. The third-order valence-electron chi connectivity index (χ3n) is 3.24. The van der Waals surface area contributed by atoms with Crippen LogP contribution in [0.3, 0.4) is 0 Å². The Balaban J connectivity index is 2.05. The number of benzene rings is 1. The molecule has 0 spiro atoms. The summed E-state index contributed by atoms with van der Waals surface area (Å²) in [5, 5.41) is 3.38. The maximum atomic E-state index is 12.1. The molecule has 1 N–H and O–H groups in total. The number of halogens is 1. The van der Waals surface area contributed by atoms with Gasteiger partial charge in [0.05, 0.1) is 18.2 Å². The van der Waals surface area contributed by atoms with Crippen LogP contribution in [0.4, 0.5) is 5.69 Å². The summed E-state index contributed by atoms with van der Waals surface area (Å²) in [5.41, 5.74) is 0.700. The van der Waals surface area contributed by atoms with Gasteiger partial charge in [0.2, 0.25) is 5.91 Å². The van der Waals surface area contributed by atoms with E-state index >= 15 is 0 Å². The molecule has 18 heavy (non-hydrogen) atoms. The smallest absolute Gasteiger partial charge is 0.241 e. The fourth-order valence-electron chi connectivity index (χ4n) is 2.21. The summed E-state index contributed by atoms with van der Waals surface area (Å²) in [6.45, 7) is 0.974. The molecule has 1 aliphatic heterocycles. The van der Waals surface area contributed by atoms with Gasteiger partial charge in [-0.2, -0.15) is 0 Å². The number of likely N-dealkylation sites (tertiary alicyclic amines) is 1. The first-order valence-corrected chi connectivity index (χ1v) is 6.34. The second kappa shape index (κ2) is 5.59. The average molecular weight is 269 g/mol. The molecular formula is C13H17ClN2O2. The van der Waals surface area contributed by atoms with Crippen molar-refractivity contribution < 1.29 is 9.53 Å². The van der Waals surface area contributed by atoms with Gasteiger partial charge in [0.15, 0.2) is 0 Å². The minimum atomic E-state index is -0.0362. The quantitative estimate of drug-likeness (QED) is 0.915. The van der Waals surface area contributed by atoms with Crippen LogP contribution in [0.2, 0.25) is 5.02 Å². The molecule has 0 radical (unpaired) electrons. The van der Waals surface area contributed by atoms with E-state index in [2.05, 4.69) is 10.2 Å². The minimum absolute atomic E-state index is 0.0243. The first kappa shape index (κ1) is 13.2. The zero-order valence-electron chi connectivity index (χ0n) is 10.6. The molecule has 1 atom stereocenters. The highest BCUT2D eigenvalue weighted by Crippen LogP contribution is 2.27. The number of nitrogens with zero attached hydrogens (tertiary/aromatic N) is 1. The van der Waals surface area contributed by atoms with Crippen molar-refractivity contribution in [1.82, 2.24) is 4.90 Å². The number of carbonyl (C=O) groups is 1. The molecule has 1 heterocycles. The lowest BCUT2D eigenvalue weighted by Crippen LogP contribution is -2.37. The molecule has 4 nitrogen and oxygen atoms in total. The number of carbonyl (C=O) groups excluding carboxylic acids is 1. The standard InChI is InChI=1S/C13H17ClN2O2/c1-16-7-3-4-11(16)13(17)15-9-5-6-12(18-2)10(14)8-9/h5-6,8,11H,3-4,7H2,1-2H3,(H,15,17). The van der Waals surface area contributed by atoms with E-state index in [1.807, 2.05) is 7.05 Å². The Morgan fingerprint density at radius 2 is 2.33 bits per heavy atom. The molecule has 98 valence electrons. The number of rotatable bonds is 3. The fourth-order valence-corrected chi connectivity index (χ4v) is 2.47. The molecule has 1 amide bonds. The highest BCUT2D eigenvalue weighted by atomic mass is 35.5. The Morgan fingerprint density at radius 1 is 1.56 bits per heavy atom. The van der Waals surface area contributed by atoms with E-state index in [1.165, 1.54) is 0 Å². The van der Waals surface area contributed by atoms with E-state index in [4.69, 9.17) is 16.3 Å². The summed E-state index contributed by atoms with van der Waals surface area (Å²) >= 11 is 6.01. The number of hydrogen-bond acceptors (Lipinski definition) is 3. The predicted octanol–water partition coefficient (Wildman–Crippen LogP) is 2.38. The van der Waals surface area contributed by atoms with Crippen molar-refractivity contribution in [2.45, 2.75) is 18.9 Å². The average Bonchev–Trinajstić information content (AvgIpc) is 2.76. The molecule has 5 heteroatoms. The van der Waals surface area contributed by atoms with Crippen molar-refractivity contribution in [2.75, 3.05) is 26.0 Å². The molecule has 1 aromatic rings. The Labute approximate surface area is 112 Å². The minimum Gasteiger partial charge on any atom is -0.495 e. The SMILES string of the molecule is COc1ccc(NC(=O)C2CCCN2C)cc1Cl. The lowest BCUT2D eigenvalue weighted by molar-refractivity contribution is -0.119. The van der Waals surface area contributed by atoms with Crippen molar-refractivity contribution in [3.05, 3.63) is 23.2 Å². The largest absolute Gasteiger partial charge is 0.495 e. The molecule has 0 bridgehead atoms. The third-order valence-corrected chi connectivity index (χ3v) is 3.54. The van der Waals surface area contributed by atoms with Crippen LogP contribution >= 0.6 is 11.6 Å². The molecule has 1 unspecified atom stereocenters. The van der Waals surface area contributed by atoms with Crippen LogP contribution in [0.15, 0.2) is 18.2 Å². The zero-order valence-corrected chi connectivity index (χ0v) is 11.3. The summed E-state index contributed by atoms with van der Waals surface area (Å²) in [4.78, 5) is 14.1. The van der Waals surface area contributed by atoms with Crippen LogP contribution < -0.4 is 10.1 Å². The van der Waals surface area contributed by atoms with Crippen LogP contribution in [-0.4, -0.2) is 37.6 Å². The number of ether oxygens (including phenoxy) is 1. The van der Waals surface area contributed by atoms with Crippen LogP contribution in [0.25, 0.3) is 0 Å². The van der Waals surface area contributed by atoms with Gasteiger partial charge in [-0.3, -0.25) is 9.69 Å². The molecule has 1 saturated heterocycles. The zero-order chi connectivity index (χ0) is 13.1. The molecule has 1 fully saturated rings. The van der Waals surface area contributed by atoms with Crippen LogP contribution in [0.1, 0.15) is 12.8 Å². The summed E-state index contributed by atoms with van der Waals surface area (Å²) in [7, 11) is 3.53. The van der Waals surface area contributed by atoms with E-state index in [9.17, 15) is 4.79 Å². The predicted molar refractivity (Wildman–Crippen MR) is 72.3 cm³/mol. The number of likely N-dealkylation sites (N-methyl/N-ethyl adjacent to an activating group) is 1. The lowest BCUT2D eigenvalue weighted by atomic mass is 10.2. The molecular weight excluding hydrogens is 252 g/mol. The van der Waals surface area contributed by atoms with Gasteiger partial charge in [-0.1, -0.05) is 11.6 Å². The number of nitrogens with one attached hydrogen (secondary N) is 1. The lowest BCUT2D eigenvalue weighted by Gasteiger charge is -2.18. The summed E-state index contributed by atoms with van der Waals surface area (Å²) in [6.07, 6.45) is 1.98. The van der Waals surface area contributed by atoms with E-state index in [-0.39, 0.29) is 11.9 Å². The first-order valence-electron chi connectivity index (χ1n) is 5.96. The Hall–Kier alpha value is -1.26. The van der Waals surface area contributed by atoms with Gasteiger partial charge in [0, 0.05) is 5.69 Å². The topological polar surface area (TPSA) is 41.6 Å². The van der Waals surface area contributed by atoms with Gasteiger partial charge in [-0.15, -0.1) is 0 Å². The van der Waals surface area contributed by atoms with E-state index in [0.717, 1.165) is 19.4 Å². The number of anilines is 1. The number of amides is 1. The molecule has 1 aromatic carbocycles.